The van der Waals surface area contributed by atoms with Crippen LogP contribution in [0, 0.1) is 0 Å². The van der Waals surface area contributed by atoms with E-state index in [1.807, 2.05) is 20.8 Å². The maximum absolute atomic E-state index is 12.7. The molecule has 2 rings (SSSR count). The van der Waals surface area contributed by atoms with Crippen LogP contribution in [0.2, 0.25) is 0 Å². The summed E-state index contributed by atoms with van der Waals surface area (Å²) < 4.78 is 5.10. The molecular formula is C17H23N3O4. The van der Waals surface area contributed by atoms with Gasteiger partial charge in [-0.15, -0.1) is 0 Å². The van der Waals surface area contributed by atoms with Gasteiger partial charge in [-0.3, -0.25) is 14.5 Å². The molecule has 4 amide bonds. The summed E-state index contributed by atoms with van der Waals surface area (Å²) in [4.78, 5) is 37.9. The van der Waals surface area contributed by atoms with Gasteiger partial charge in [-0.05, 0) is 45.4 Å². The first-order valence-electron chi connectivity index (χ1n) is 7.66. The molecule has 1 aromatic rings. The molecule has 1 saturated heterocycles. The summed E-state index contributed by atoms with van der Waals surface area (Å²) in [6, 6.07) is 6.29. The lowest BCUT2D eigenvalue weighted by atomic mass is 9.92. The predicted molar refractivity (Wildman–Crippen MR) is 88.5 cm³/mol. The Morgan fingerprint density at radius 3 is 2.33 bits per heavy atom. The molecule has 1 aliphatic heterocycles. The van der Waals surface area contributed by atoms with Crippen LogP contribution in [0.25, 0.3) is 0 Å². The summed E-state index contributed by atoms with van der Waals surface area (Å²) in [5.74, 6) is -0.188. The molecule has 0 bridgehead atoms. The third kappa shape index (κ3) is 3.50. The summed E-state index contributed by atoms with van der Waals surface area (Å²) in [5, 5.41) is 5.41. The van der Waals surface area contributed by atoms with Gasteiger partial charge in [0, 0.05) is 5.54 Å². The molecule has 7 nitrogen and oxygen atoms in total. The van der Waals surface area contributed by atoms with Crippen LogP contribution < -0.4 is 15.4 Å². The molecule has 1 unspecified atom stereocenters. The zero-order valence-corrected chi connectivity index (χ0v) is 14.6. The molecule has 0 saturated carbocycles. The second-order valence-corrected chi connectivity index (χ2v) is 6.97. The zero-order chi connectivity index (χ0) is 18.1. The van der Waals surface area contributed by atoms with E-state index in [0.717, 1.165) is 4.90 Å². The van der Waals surface area contributed by atoms with E-state index in [-0.39, 0.29) is 12.5 Å². The van der Waals surface area contributed by atoms with Crippen molar-refractivity contribution in [1.29, 1.82) is 0 Å². The molecule has 7 heteroatoms. The molecular weight excluding hydrogens is 310 g/mol. The van der Waals surface area contributed by atoms with Crippen LogP contribution >= 0.6 is 0 Å². The molecule has 1 fully saturated rings. The van der Waals surface area contributed by atoms with Crippen molar-refractivity contribution in [2.24, 2.45) is 0 Å². The first-order valence-corrected chi connectivity index (χ1v) is 7.66. The number of imide groups is 1. The van der Waals surface area contributed by atoms with Crippen molar-refractivity contribution in [2.75, 3.05) is 13.7 Å². The lowest BCUT2D eigenvalue weighted by Gasteiger charge is -2.24. The van der Waals surface area contributed by atoms with E-state index in [1.54, 1.807) is 38.3 Å². The maximum Gasteiger partial charge on any atom is 0.325 e. The highest BCUT2D eigenvalue weighted by Gasteiger charge is 2.49. The quantitative estimate of drug-likeness (QED) is 0.815. The third-order valence-corrected chi connectivity index (χ3v) is 3.76. The van der Waals surface area contributed by atoms with Crippen LogP contribution in [-0.2, 0) is 15.1 Å². The molecule has 1 aliphatic rings. The lowest BCUT2D eigenvalue weighted by Crippen LogP contribution is -2.48. The van der Waals surface area contributed by atoms with Gasteiger partial charge in [-0.25, -0.2) is 4.79 Å². The number of ether oxygens (including phenoxy) is 1. The first-order chi connectivity index (χ1) is 11.1. The smallest absolute Gasteiger partial charge is 0.325 e. The van der Waals surface area contributed by atoms with E-state index in [1.165, 1.54) is 0 Å². The van der Waals surface area contributed by atoms with Gasteiger partial charge in [0.15, 0.2) is 0 Å². The number of urea groups is 1. The Balaban J connectivity index is 2.19. The normalized spacial score (nSPS) is 20.8. The number of hydrogen-bond acceptors (Lipinski definition) is 4. The number of amides is 4. The molecule has 1 heterocycles. The Morgan fingerprint density at radius 2 is 1.83 bits per heavy atom. The van der Waals surface area contributed by atoms with Crippen molar-refractivity contribution >= 4 is 17.8 Å². The Bertz CT molecular complexity index is 663. The fraction of sp³-hybridized carbons (Fsp3) is 0.471. The van der Waals surface area contributed by atoms with Gasteiger partial charge < -0.3 is 15.4 Å². The van der Waals surface area contributed by atoms with Gasteiger partial charge in [0.2, 0.25) is 5.91 Å². The fourth-order valence-corrected chi connectivity index (χ4v) is 2.56. The van der Waals surface area contributed by atoms with Crippen molar-refractivity contribution in [3.63, 3.8) is 0 Å². The van der Waals surface area contributed by atoms with Crippen LogP contribution in [0.1, 0.15) is 33.3 Å². The second kappa shape index (κ2) is 6.14. The number of hydrogen-bond donors (Lipinski definition) is 2. The summed E-state index contributed by atoms with van der Waals surface area (Å²) in [5.41, 5.74) is -1.01. The summed E-state index contributed by atoms with van der Waals surface area (Å²) in [6.07, 6.45) is 0. The number of nitrogens with zero attached hydrogens (tertiary/aromatic N) is 1. The van der Waals surface area contributed by atoms with Crippen molar-refractivity contribution in [3.8, 4) is 5.75 Å². The highest BCUT2D eigenvalue weighted by Crippen LogP contribution is 2.29. The summed E-state index contributed by atoms with van der Waals surface area (Å²) in [6.45, 7) is 6.80. The van der Waals surface area contributed by atoms with Gasteiger partial charge in [0.25, 0.3) is 5.91 Å². The number of benzene rings is 1. The lowest BCUT2D eigenvalue weighted by molar-refractivity contribution is -0.135. The number of carbonyl (C=O) groups is 3. The van der Waals surface area contributed by atoms with Gasteiger partial charge in [0.1, 0.15) is 17.8 Å². The third-order valence-electron chi connectivity index (χ3n) is 3.76. The predicted octanol–water partition coefficient (Wildman–Crippen LogP) is 1.38. The Labute approximate surface area is 141 Å². The van der Waals surface area contributed by atoms with E-state index in [2.05, 4.69) is 10.6 Å². The van der Waals surface area contributed by atoms with Crippen LogP contribution in [0.4, 0.5) is 4.79 Å². The molecule has 0 aliphatic carbocycles. The van der Waals surface area contributed by atoms with Gasteiger partial charge >= 0.3 is 6.03 Å². The van der Waals surface area contributed by atoms with Crippen molar-refractivity contribution in [2.45, 2.75) is 38.8 Å². The average molecular weight is 333 g/mol. The van der Waals surface area contributed by atoms with E-state index < -0.39 is 23.0 Å². The minimum atomic E-state index is -1.20. The Hall–Kier alpha value is -2.57. The molecule has 130 valence electrons. The molecule has 0 aromatic heterocycles. The van der Waals surface area contributed by atoms with E-state index >= 15 is 0 Å². The zero-order valence-electron chi connectivity index (χ0n) is 14.6. The van der Waals surface area contributed by atoms with E-state index in [4.69, 9.17) is 4.74 Å². The summed E-state index contributed by atoms with van der Waals surface area (Å²) >= 11 is 0. The number of carbonyl (C=O) groups excluding carboxylic acids is 3. The standard InChI is InChI=1S/C17H23N3O4/c1-16(2,3)18-13(21)10-20-14(22)17(4,19-15(20)23)11-6-8-12(24-5)9-7-11/h6-9H,10H2,1-5H3,(H,18,21)(H,19,23). The molecule has 2 N–H and O–H groups in total. The largest absolute Gasteiger partial charge is 0.497 e. The monoisotopic (exact) mass is 333 g/mol. The Kier molecular flexibility index (Phi) is 4.55. The topological polar surface area (TPSA) is 87.7 Å². The van der Waals surface area contributed by atoms with E-state index in [0.29, 0.717) is 11.3 Å². The van der Waals surface area contributed by atoms with Crippen molar-refractivity contribution < 1.29 is 19.1 Å². The SMILES string of the molecule is COc1ccc(C2(C)NC(=O)N(CC(=O)NC(C)(C)C)C2=O)cc1. The van der Waals surface area contributed by atoms with Gasteiger partial charge in [-0.2, -0.15) is 0 Å². The van der Waals surface area contributed by atoms with Crippen LogP contribution in [0.15, 0.2) is 24.3 Å². The van der Waals surface area contributed by atoms with Crippen LogP contribution in [0.5, 0.6) is 5.75 Å². The summed E-state index contributed by atoms with van der Waals surface area (Å²) in [7, 11) is 1.55. The number of methoxy groups -OCH3 is 1. The molecule has 1 aromatic carbocycles. The second-order valence-electron chi connectivity index (χ2n) is 6.97. The Morgan fingerprint density at radius 1 is 1.25 bits per heavy atom. The average Bonchev–Trinajstić information content (AvgIpc) is 2.70. The molecule has 24 heavy (non-hydrogen) atoms. The minimum Gasteiger partial charge on any atom is -0.497 e. The first kappa shape index (κ1) is 17.8. The molecule has 0 radical (unpaired) electrons. The highest BCUT2D eigenvalue weighted by atomic mass is 16.5. The molecule has 0 spiro atoms. The highest BCUT2D eigenvalue weighted by molar-refractivity contribution is 6.09. The van der Waals surface area contributed by atoms with Crippen LogP contribution in [-0.4, -0.2) is 41.9 Å². The maximum atomic E-state index is 12.7. The van der Waals surface area contributed by atoms with Gasteiger partial charge in [-0.1, -0.05) is 12.1 Å². The molecule has 1 atom stereocenters. The fourth-order valence-electron chi connectivity index (χ4n) is 2.56. The van der Waals surface area contributed by atoms with Crippen LogP contribution in [0.3, 0.4) is 0 Å². The number of nitrogens with one attached hydrogen (secondary N) is 2. The van der Waals surface area contributed by atoms with Gasteiger partial charge in [0.05, 0.1) is 7.11 Å². The van der Waals surface area contributed by atoms with Crippen molar-refractivity contribution in [1.82, 2.24) is 15.5 Å². The van der Waals surface area contributed by atoms with E-state index in [9.17, 15) is 14.4 Å². The van der Waals surface area contributed by atoms with Crippen molar-refractivity contribution in [3.05, 3.63) is 29.8 Å². The number of rotatable bonds is 4. The minimum absolute atomic E-state index is 0.312.